The topological polar surface area (TPSA) is 12.9 Å². The minimum absolute atomic E-state index is 0.124. The molecule has 0 spiro atoms. The van der Waals surface area contributed by atoms with Gasteiger partial charge in [-0.15, -0.1) is 17.9 Å². The maximum atomic E-state index is 4.68. The van der Waals surface area contributed by atoms with Crippen LogP contribution in [0.25, 0.3) is 0 Å². The molecule has 0 saturated heterocycles. The van der Waals surface area contributed by atoms with Crippen LogP contribution < -0.4 is 5.44 Å². The van der Waals surface area contributed by atoms with Gasteiger partial charge in [0.1, 0.15) is 0 Å². The molecule has 0 saturated carbocycles. The fourth-order valence-electron chi connectivity index (χ4n) is 2.73. The van der Waals surface area contributed by atoms with Crippen LogP contribution in [0.1, 0.15) is 43.7 Å². The van der Waals surface area contributed by atoms with Crippen molar-refractivity contribution in [2.45, 2.75) is 45.4 Å². The highest BCUT2D eigenvalue weighted by molar-refractivity contribution is 8.63. The molecule has 5 atom stereocenters. The molecule has 18 heavy (non-hydrogen) atoms. The number of aryl methyl sites for hydroxylation is 1. The second-order valence-corrected chi connectivity index (χ2v) is 14.1. The van der Waals surface area contributed by atoms with Gasteiger partial charge in [-0.1, -0.05) is 34.1 Å². The van der Waals surface area contributed by atoms with Crippen molar-refractivity contribution in [3.8, 4) is 0 Å². The number of nitrogens with zero attached hydrogens (tertiary/aromatic N) is 1. The molecule has 0 fully saturated rings. The third-order valence-corrected chi connectivity index (χ3v) is 13.6. The van der Waals surface area contributed by atoms with Crippen molar-refractivity contribution in [1.82, 2.24) is 4.98 Å². The van der Waals surface area contributed by atoms with Crippen molar-refractivity contribution >= 4 is 38.5 Å². The summed E-state index contributed by atoms with van der Waals surface area (Å²) < 4.78 is 0. The average Bonchev–Trinajstić information content (AvgIpc) is 2.43. The maximum absolute atomic E-state index is 4.68. The Kier molecular flexibility index (Phi) is 6.44. The SMILES string of the molecule is CCCCC1CCc2ccnc(P(P)PP)c2C1. The Hall–Kier alpha value is 0.870. The summed E-state index contributed by atoms with van der Waals surface area (Å²) in [5.74, 6) is 0.904. The van der Waals surface area contributed by atoms with Gasteiger partial charge in [0.25, 0.3) is 0 Å². The zero-order valence-electron chi connectivity index (χ0n) is 11.0. The molecule has 5 unspecified atom stereocenters. The molecule has 0 radical (unpaired) electrons. The van der Waals surface area contributed by atoms with Crippen LogP contribution in [0.4, 0.5) is 0 Å². The molecule has 1 nitrogen and oxygen atoms in total. The Bertz CT molecular complexity index is 397. The second-order valence-electron chi connectivity index (χ2n) is 5.02. The molecule has 0 bridgehead atoms. The van der Waals surface area contributed by atoms with Gasteiger partial charge in [0, 0.05) is 6.20 Å². The van der Waals surface area contributed by atoms with Crippen LogP contribution in [0.2, 0.25) is 0 Å². The zero-order chi connectivity index (χ0) is 13.0. The smallest absolute Gasteiger partial charge is 0.0747 e. The second kappa shape index (κ2) is 7.60. The van der Waals surface area contributed by atoms with E-state index in [-0.39, 0.29) is 7.30 Å². The summed E-state index contributed by atoms with van der Waals surface area (Å²) in [5, 5.41) is 0. The van der Waals surface area contributed by atoms with Crippen molar-refractivity contribution < 1.29 is 0 Å². The van der Waals surface area contributed by atoms with Crippen molar-refractivity contribution in [2.24, 2.45) is 5.92 Å². The van der Waals surface area contributed by atoms with Gasteiger partial charge >= 0.3 is 0 Å². The van der Waals surface area contributed by atoms with Crippen molar-refractivity contribution in [1.29, 1.82) is 0 Å². The molecule has 2 rings (SSSR count). The van der Waals surface area contributed by atoms with Crippen LogP contribution >= 0.6 is 33.1 Å². The fourth-order valence-corrected chi connectivity index (χ4v) is 6.29. The lowest BCUT2D eigenvalue weighted by molar-refractivity contribution is 0.413. The number of pyridine rings is 1. The predicted octanol–water partition coefficient (Wildman–Crippen LogP) is 4.66. The molecular weight excluding hydrogens is 294 g/mol. The van der Waals surface area contributed by atoms with Gasteiger partial charge < -0.3 is 0 Å². The molecule has 1 aliphatic rings. The van der Waals surface area contributed by atoms with Crippen molar-refractivity contribution in [2.75, 3.05) is 0 Å². The van der Waals surface area contributed by atoms with Crippen LogP contribution in [-0.4, -0.2) is 4.98 Å². The van der Waals surface area contributed by atoms with Crippen LogP contribution in [0.5, 0.6) is 0 Å². The highest BCUT2D eigenvalue weighted by Crippen LogP contribution is 2.65. The first kappa shape index (κ1) is 15.3. The van der Waals surface area contributed by atoms with Gasteiger partial charge in [-0.25, -0.2) is 0 Å². The number of unbranched alkanes of at least 4 members (excludes halogenated alkanes) is 1. The fraction of sp³-hybridized carbons (Fsp3) is 0.615. The lowest BCUT2D eigenvalue weighted by Gasteiger charge is -2.27. The standard InChI is InChI=1S/C13H23NP4/c1-2-3-4-10-5-6-11-7-8-14-13(12(11)9-10)18(16)17-15/h7-8,10,17H,2-6,9,15-16H2,1H3. The summed E-state index contributed by atoms with van der Waals surface area (Å²) >= 11 is 0. The molecule has 5 heteroatoms. The summed E-state index contributed by atoms with van der Waals surface area (Å²) in [5.41, 5.74) is 4.58. The molecule has 1 aromatic rings. The number of hydrogen-bond donors (Lipinski definition) is 0. The normalized spacial score (nSPS) is 21.2. The van der Waals surface area contributed by atoms with Gasteiger partial charge in [0.05, 0.1) is 5.44 Å². The largest absolute Gasteiger partial charge is 0.256 e. The minimum atomic E-state index is -0.124. The molecule has 1 aliphatic carbocycles. The van der Waals surface area contributed by atoms with E-state index in [4.69, 9.17) is 0 Å². The highest BCUT2D eigenvalue weighted by atomic mass is 32.6. The lowest BCUT2D eigenvalue weighted by atomic mass is 9.82. The Morgan fingerprint density at radius 3 is 3.11 bits per heavy atom. The van der Waals surface area contributed by atoms with Gasteiger partial charge in [-0.05, 0) is 49.7 Å². The van der Waals surface area contributed by atoms with Gasteiger partial charge in [0.15, 0.2) is 0 Å². The quantitative estimate of drug-likeness (QED) is 0.720. The summed E-state index contributed by atoms with van der Waals surface area (Å²) in [4.78, 5) is 4.68. The Morgan fingerprint density at radius 1 is 1.56 bits per heavy atom. The van der Waals surface area contributed by atoms with E-state index in [0.29, 0.717) is 0 Å². The number of hydrogen-bond acceptors (Lipinski definition) is 1. The first-order valence-electron chi connectivity index (χ1n) is 6.74. The van der Waals surface area contributed by atoms with Crippen molar-refractivity contribution in [3.05, 3.63) is 23.4 Å². The molecule has 1 heterocycles. The first-order chi connectivity index (χ1) is 8.76. The van der Waals surface area contributed by atoms with E-state index in [2.05, 4.69) is 35.8 Å². The predicted molar refractivity (Wildman–Crippen MR) is 93.6 cm³/mol. The molecule has 0 N–H and O–H groups in total. The zero-order valence-corrected chi connectivity index (χ0v) is 15.2. The third-order valence-electron chi connectivity index (χ3n) is 3.78. The average molecular weight is 317 g/mol. The van der Waals surface area contributed by atoms with E-state index in [1.54, 1.807) is 11.1 Å². The summed E-state index contributed by atoms with van der Waals surface area (Å²) in [6, 6.07) is 2.24. The molecule has 0 aromatic carbocycles. The van der Waals surface area contributed by atoms with E-state index < -0.39 is 0 Å². The maximum Gasteiger partial charge on any atom is 0.0747 e. The monoisotopic (exact) mass is 317 g/mol. The van der Waals surface area contributed by atoms with Crippen LogP contribution in [-0.2, 0) is 12.8 Å². The Morgan fingerprint density at radius 2 is 2.39 bits per heavy atom. The molecule has 1 aromatic heterocycles. The van der Waals surface area contributed by atoms with Crippen LogP contribution in [0.15, 0.2) is 12.3 Å². The van der Waals surface area contributed by atoms with E-state index in [9.17, 15) is 0 Å². The number of rotatable bonds is 5. The lowest BCUT2D eigenvalue weighted by Crippen LogP contribution is -2.22. The van der Waals surface area contributed by atoms with Crippen LogP contribution in [0, 0.1) is 5.92 Å². The van der Waals surface area contributed by atoms with E-state index in [1.807, 2.05) is 6.20 Å². The Balaban J connectivity index is 2.18. The minimum Gasteiger partial charge on any atom is -0.256 e. The van der Waals surface area contributed by atoms with Gasteiger partial charge in [-0.2, -0.15) is 0 Å². The highest BCUT2D eigenvalue weighted by Gasteiger charge is 2.23. The summed E-state index contributed by atoms with van der Waals surface area (Å²) in [7, 11) is 6.70. The Labute approximate surface area is 118 Å². The molecule has 100 valence electrons. The summed E-state index contributed by atoms with van der Waals surface area (Å²) in [6.45, 7) is 2.29. The first-order valence-corrected chi connectivity index (χ1v) is 13.3. The molecule has 0 aliphatic heterocycles. The molecule has 0 amide bonds. The third kappa shape index (κ3) is 3.70. The van der Waals surface area contributed by atoms with Crippen molar-refractivity contribution in [3.63, 3.8) is 0 Å². The van der Waals surface area contributed by atoms with E-state index >= 15 is 0 Å². The van der Waals surface area contributed by atoms with Gasteiger partial charge in [0.2, 0.25) is 0 Å². The number of aromatic nitrogens is 1. The van der Waals surface area contributed by atoms with Gasteiger partial charge in [-0.3, -0.25) is 4.98 Å². The van der Waals surface area contributed by atoms with Crippen LogP contribution in [0.3, 0.4) is 0 Å². The van der Waals surface area contributed by atoms with E-state index in [1.165, 1.54) is 44.0 Å². The summed E-state index contributed by atoms with van der Waals surface area (Å²) in [6.07, 6.45) is 10.1. The van der Waals surface area contributed by atoms with E-state index in [0.717, 1.165) is 13.9 Å². The number of fused-ring (bicyclic) bond motifs is 1. The molecular formula is C13H23NP4.